The largest absolute Gasteiger partial charge is 0.486 e. The zero-order valence-corrected chi connectivity index (χ0v) is 13.8. The lowest BCUT2D eigenvalue weighted by Gasteiger charge is -2.41. The van der Waals surface area contributed by atoms with Crippen molar-refractivity contribution in [3.05, 3.63) is 48.3 Å². The number of H-pyrrole nitrogens is 1. The zero-order valence-electron chi connectivity index (χ0n) is 13.8. The third kappa shape index (κ3) is 2.35. The molecule has 0 unspecified atom stereocenters. The predicted octanol–water partition coefficient (Wildman–Crippen LogP) is 3.32. The van der Waals surface area contributed by atoms with Gasteiger partial charge in [0, 0.05) is 36.2 Å². The van der Waals surface area contributed by atoms with Crippen molar-refractivity contribution in [2.24, 2.45) is 0 Å². The van der Waals surface area contributed by atoms with Crippen LogP contribution in [-0.4, -0.2) is 34.4 Å². The van der Waals surface area contributed by atoms with E-state index in [1.807, 2.05) is 36.5 Å². The van der Waals surface area contributed by atoms with Crippen LogP contribution in [0.25, 0.3) is 22.2 Å². The third-order valence-corrected chi connectivity index (χ3v) is 5.37. The van der Waals surface area contributed by atoms with Crippen molar-refractivity contribution in [2.75, 3.05) is 13.1 Å². The molecule has 1 aromatic carbocycles. The summed E-state index contributed by atoms with van der Waals surface area (Å²) in [6.45, 7) is 1.80. The Morgan fingerprint density at radius 3 is 2.88 bits per heavy atom. The van der Waals surface area contributed by atoms with Gasteiger partial charge in [0.1, 0.15) is 17.0 Å². The van der Waals surface area contributed by atoms with Crippen molar-refractivity contribution in [3.8, 4) is 16.9 Å². The van der Waals surface area contributed by atoms with Crippen LogP contribution in [-0.2, 0) is 0 Å². The molecule has 2 aliphatic heterocycles. The molecule has 1 spiro atoms. The summed E-state index contributed by atoms with van der Waals surface area (Å²) in [5.74, 6) is 0.907. The summed E-state index contributed by atoms with van der Waals surface area (Å²) in [5, 5.41) is 4.42. The van der Waals surface area contributed by atoms with Crippen LogP contribution < -0.4 is 10.1 Å². The van der Waals surface area contributed by atoms with Gasteiger partial charge in [-0.25, -0.2) is 4.98 Å². The quantitative estimate of drug-likeness (QED) is 0.717. The van der Waals surface area contributed by atoms with Crippen LogP contribution in [0.4, 0.5) is 0 Å². The number of carbonyl (C=O) groups is 1. The van der Waals surface area contributed by atoms with Gasteiger partial charge in [0.25, 0.3) is 0 Å². The predicted molar refractivity (Wildman–Crippen MR) is 95.9 cm³/mol. The zero-order chi connectivity index (χ0) is 16.9. The number of rotatable bonds is 1. The SMILES string of the molecule is O=C1CC2(CCNCC2)Oc2cc(-c3c[nH]c4ncccc34)ccc21. The summed E-state index contributed by atoms with van der Waals surface area (Å²) in [4.78, 5) is 20.2. The highest BCUT2D eigenvalue weighted by atomic mass is 16.5. The number of Topliss-reactive ketones (excluding diaryl/α,β-unsaturated/α-hetero) is 1. The molecule has 0 amide bonds. The van der Waals surface area contributed by atoms with E-state index in [2.05, 4.69) is 15.3 Å². The Labute approximate surface area is 145 Å². The van der Waals surface area contributed by atoms with E-state index in [9.17, 15) is 4.79 Å². The number of nitrogens with zero attached hydrogens (tertiary/aromatic N) is 1. The molecule has 126 valence electrons. The molecule has 0 atom stereocenters. The van der Waals surface area contributed by atoms with Crippen LogP contribution in [0, 0.1) is 0 Å². The summed E-state index contributed by atoms with van der Waals surface area (Å²) in [6, 6.07) is 9.88. The second kappa shape index (κ2) is 5.43. The number of nitrogens with one attached hydrogen (secondary N) is 2. The molecule has 1 saturated heterocycles. The number of ether oxygens (including phenoxy) is 1. The summed E-state index contributed by atoms with van der Waals surface area (Å²) in [5.41, 5.74) is 3.34. The molecule has 3 aromatic rings. The molecular weight excluding hydrogens is 314 g/mol. The fourth-order valence-corrected chi connectivity index (χ4v) is 4.02. The first kappa shape index (κ1) is 14.7. The number of aromatic amines is 1. The third-order valence-electron chi connectivity index (χ3n) is 5.37. The van der Waals surface area contributed by atoms with Crippen molar-refractivity contribution in [3.63, 3.8) is 0 Å². The van der Waals surface area contributed by atoms with Gasteiger partial charge in [-0.2, -0.15) is 0 Å². The Hall–Kier alpha value is -2.66. The van der Waals surface area contributed by atoms with Crippen LogP contribution >= 0.6 is 0 Å². The number of hydrogen-bond donors (Lipinski definition) is 2. The molecule has 5 rings (SSSR count). The van der Waals surface area contributed by atoms with Crippen LogP contribution in [0.5, 0.6) is 5.75 Å². The van der Waals surface area contributed by atoms with Gasteiger partial charge in [-0.1, -0.05) is 6.07 Å². The maximum atomic E-state index is 12.7. The van der Waals surface area contributed by atoms with Crippen LogP contribution in [0.1, 0.15) is 29.6 Å². The highest BCUT2D eigenvalue weighted by Crippen LogP contribution is 2.40. The Balaban J connectivity index is 1.59. The minimum atomic E-state index is -0.338. The molecule has 2 N–H and O–H groups in total. The van der Waals surface area contributed by atoms with E-state index >= 15 is 0 Å². The monoisotopic (exact) mass is 333 g/mol. The molecule has 1 fully saturated rings. The van der Waals surface area contributed by atoms with Gasteiger partial charge in [-0.3, -0.25) is 4.79 Å². The van der Waals surface area contributed by atoms with Gasteiger partial charge in [-0.15, -0.1) is 0 Å². The van der Waals surface area contributed by atoms with Crippen molar-refractivity contribution in [2.45, 2.75) is 24.9 Å². The Bertz CT molecular complexity index is 970. The lowest BCUT2D eigenvalue weighted by Crippen LogP contribution is -2.49. The minimum absolute atomic E-state index is 0.190. The van der Waals surface area contributed by atoms with Crippen LogP contribution in [0.3, 0.4) is 0 Å². The maximum absolute atomic E-state index is 12.7. The summed E-state index contributed by atoms with van der Waals surface area (Å²) in [6.07, 6.45) is 5.97. The van der Waals surface area contributed by atoms with Gasteiger partial charge < -0.3 is 15.0 Å². The Kier molecular flexibility index (Phi) is 3.18. The van der Waals surface area contributed by atoms with Gasteiger partial charge in [0.15, 0.2) is 5.78 Å². The van der Waals surface area contributed by atoms with E-state index in [0.29, 0.717) is 17.7 Å². The average molecular weight is 333 g/mol. The normalized spacial score (nSPS) is 19.0. The molecule has 0 saturated carbocycles. The summed E-state index contributed by atoms with van der Waals surface area (Å²) < 4.78 is 6.39. The van der Waals surface area contributed by atoms with E-state index in [-0.39, 0.29) is 11.4 Å². The number of benzene rings is 1. The maximum Gasteiger partial charge on any atom is 0.170 e. The summed E-state index contributed by atoms with van der Waals surface area (Å²) in [7, 11) is 0. The molecule has 0 radical (unpaired) electrons. The first-order valence-corrected chi connectivity index (χ1v) is 8.74. The fourth-order valence-electron chi connectivity index (χ4n) is 4.02. The van der Waals surface area contributed by atoms with E-state index < -0.39 is 0 Å². The number of pyridine rings is 1. The standard InChI is InChI=1S/C20H19N3O2/c24-17-11-20(5-8-21-9-6-20)25-18-10-13(3-4-15(17)18)16-12-23-19-14(16)2-1-7-22-19/h1-4,7,10,12,21H,5-6,8-9,11H2,(H,22,23). The minimum Gasteiger partial charge on any atom is -0.486 e. The van der Waals surface area contributed by atoms with Crippen molar-refractivity contribution in [1.82, 2.24) is 15.3 Å². The molecule has 2 aliphatic rings. The Morgan fingerprint density at radius 1 is 1.12 bits per heavy atom. The first-order chi connectivity index (χ1) is 12.2. The smallest absolute Gasteiger partial charge is 0.170 e. The molecule has 2 aromatic heterocycles. The van der Waals surface area contributed by atoms with Crippen molar-refractivity contribution in [1.29, 1.82) is 0 Å². The number of hydrogen-bond acceptors (Lipinski definition) is 4. The number of carbonyl (C=O) groups excluding carboxylic acids is 1. The molecule has 5 nitrogen and oxygen atoms in total. The fraction of sp³-hybridized carbons (Fsp3) is 0.300. The number of fused-ring (bicyclic) bond motifs is 2. The number of aromatic nitrogens is 2. The molecule has 0 bridgehead atoms. The molecule has 25 heavy (non-hydrogen) atoms. The molecular formula is C20H19N3O2. The Morgan fingerprint density at radius 2 is 2.00 bits per heavy atom. The van der Waals surface area contributed by atoms with Gasteiger partial charge in [0.2, 0.25) is 0 Å². The topological polar surface area (TPSA) is 67.0 Å². The molecule has 5 heteroatoms. The van der Waals surface area contributed by atoms with Gasteiger partial charge >= 0.3 is 0 Å². The highest BCUT2D eigenvalue weighted by molar-refractivity contribution is 6.02. The van der Waals surface area contributed by atoms with Crippen LogP contribution in [0.2, 0.25) is 0 Å². The van der Waals surface area contributed by atoms with E-state index in [1.54, 1.807) is 6.20 Å². The van der Waals surface area contributed by atoms with E-state index in [0.717, 1.165) is 48.1 Å². The van der Waals surface area contributed by atoms with Crippen LogP contribution in [0.15, 0.2) is 42.7 Å². The average Bonchev–Trinajstić information content (AvgIpc) is 3.06. The first-order valence-electron chi connectivity index (χ1n) is 8.74. The number of ketones is 1. The second-order valence-corrected chi connectivity index (χ2v) is 6.95. The highest BCUT2D eigenvalue weighted by Gasteiger charge is 2.41. The lowest BCUT2D eigenvalue weighted by atomic mass is 9.82. The number of piperidine rings is 1. The van der Waals surface area contributed by atoms with Crippen molar-refractivity contribution >= 4 is 16.8 Å². The molecule has 0 aliphatic carbocycles. The van der Waals surface area contributed by atoms with Gasteiger partial charge in [0.05, 0.1) is 12.0 Å². The second-order valence-electron chi connectivity index (χ2n) is 6.95. The van der Waals surface area contributed by atoms with E-state index in [4.69, 9.17) is 4.74 Å². The van der Waals surface area contributed by atoms with E-state index in [1.165, 1.54) is 0 Å². The molecule has 4 heterocycles. The summed E-state index contributed by atoms with van der Waals surface area (Å²) >= 11 is 0. The van der Waals surface area contributed by atoms with Gasteiger partial charge in [-0.05, 0) is 42.9 Å². The van der Waals surface area contributed by atoms with Crippen molar-refractivity contribution < 1.29 is 9.53 Å². The lowest BCUT2D eigenvalue weighted by molar-refractivity contribution is 0.0188.